The number of aromatic nitrogens is 3. The second-order valence-electron chi connectivity index (χ2n) is 3.79. The van der Waals surface area contributed by atoms with Crippen molar-refractivity contribution in [2.24, 2.45) is 0 Å². The van der Waals surface area contributed by atoms with Crippen molar-refractivity contribution in [3.8, 4) is 0 Å². The molecule has 0 fully saturated rings. The first-order valence-electron chi connectivity index (χ1n) is 5.25. The van der Waals surface area contributed by atoms with Crippen molar-refractivity contribution in [2.75, 3.05) is 0 Å². The molecule has 5 heteroatoms. The summed E-state index contributed by atoms with van der Waals surface area (Å²) < 4.78 is 6.91. The molecule has 1 unspecified atom stereocenters. The lowest BCUT2D eigenvalue weighted by Crippen LogP contribution is -2.36. The van der Waals surface area contributed by atoms with Crippen molar-refractivity contribution in [1.82, 2.24) is 15.0 Å². The van der Waals surface area contributed by atoms with Crippen LogP contribution in [0.2, 0.25) is 0 Å². The Morgan fingerprint density at radius 2 is 2.06 bits per heavy atom. The number of hydrogen-bond acceptors (Lipinski definition) is 4. The molecule has 1 aromatic heterocycles. The Bertz CT molecular complexity index is 496. The quantitative estimate of drug-likeness (QED) is 0.752. The molecule has 0 saturated heterocycles. The molecule has 0 aliphatic carbocycles. The minimum Gasteiger partial charge on any atom is -0.433 e. The average Bonchev–Trinajstić information content (AvgIpc) is 2.83. The van der Waals surface area contributed by atoms with Crippen molar-refractivity contribution in [3.63, 3.8) is 0 Å². The van der Waals surface area contributed by atoms with Gasteiger partial charge in [0.15, 0.2) is 0 Å². The Hall–Kier alpha value is -2.17. The summed E-state index contributed by atoms with van der Waals surface area (Å²) in [6.45, 7) is 3.15. The molecular weight excluding hydrogens is 218 g/mol. The minimum absolute atomic E-state index is 0.369. The van der Waals surface area contributed by atoms with Gasteiger partial charge in [-0.1, -0.05) is 35.5 Å². The van der Waals surface area contributed by atoms with Gasteiger partial charge in [-0.15, -0.1) is 5.10 Å². The Labute approximate surface area is 99.0 Å². The van der Waals surface area contributed by atoms with Crippen LogP contribution in [0, 0.1) is 0 Å². The van der Waals surface area contributed by atoms with Gasteiger partial charge in [-0.25, -0.2) is 4.68 Å². The van der Waals surface area contributed by atoms with E-state index in [1.165, 1.54) is 11.6 Å². The first-order chi connectivity index (χ1) is 8.13. The fourth-order valence-electron chi connectivity index (χ4n) is 1.70. The normalized spacial score (nSPS) is 14.0. The van der Waals surface area contributed by atoms with E-state index in [4.69, 9.17) is 4.74 Å². The van der Waals surface area contributed by atoms with Gasteiger partial charge in [-0.05, 0) is 0 Å². The van der Waals surface area contributed by atoms with E-state index in [2.05, 4.69) is 10.3 Å². The number of ether oxygens (including phenoxy) is 1. The van der Waals surface area contributed by atoms with Crippen molar-refractivity contribution >= 4 is 5.97 Å². The lowest BCUT2D eigenvalue weighted by Gasteiger charge is -2.29. The maximum absolute atomic E-state index is 11.2. The first kappa shape index (κ1) is 11.3. The van der Waals surface area contributed by atoms with E-state index in [0.717, 1.165) is 5.56 Å². The number of esters is 1. The summed E-state index contributed by atoms with van der Waals surface area (Å²) in [5, 5.41) is 7.65. The molecule has 0 spiro atoms. The van der Waals surface area contributed by atoms with Gasteiger partial charge >= 0.3 is 5.97 Å². The standard InChI is InChI=1S/C12H13N3O2/c1-10(16)17-12(2,15-9-8-13-14-15)11-6-4-3-5-7-11/h3-9H,1-2H3. The number of carbonyl (C=O) groups excluding carboxylic acids is 1. The number of benzene rings is 1. The van der Waals surface area contributed by atoms with Crippen molar-refractivity contribution < 1.29 is 9.53 Å². The topological polar surface area (TPSA) is 57.0 Å². The maximum Gasteiger partial charge on any atom is 0.305 e. The first-order valence-corrected chi connectivity index (χ1v) is 5.25. The molecule has 17 heavy (non-hydrogen) atoms. The molecule has 0 bridgehead atoms. The van der Waals surface area contributed by atoms with E-state index in [-0.39, 0.29) is 5.97 Å². The van der Waals surface area contributed by atoms with E-state index in [1.54, 1.807) is 19.3 Å². The number of hydrogen-bond donors (Lipinski definition) is 0. The third-order valence-corrected chi connectivity index (χ3v) is 2.51. The van der Waals surface area contributed by atoms with E-state index >= 15 is 0 Å². The van der Waals surface area contributed by atoms with Gasteiger partial charge in [0.1, 0.15) is 0 Å². The van der Waals surface area contributed by atoms with Crippen LogP contribution in [0.4, 0.5) is 0 Å². The average molecular weight is 231 g/mol. The van der Waals surface area contributed by atoms with Gasteiger partial charge < -0.3 is 4.74 Å². The molecule has 5 nitrogen and oxygen atoms in total. The van der Waals surface area contributed by atoms with Crippen LogP contribution >= 0.6 is 0 Å². The molecule has 0 amide bonds. The number of nitrogens with zero attached hydrogens (tertiary/aromatic N) is 3. The number of carbonyl (C=O) groups is 1. The van der Waals surface area contributed by atoms with Crippen LogP contribution in [-0.4, -0.2) is 21.0 Å². The summed E-state index contributed by atoms with van der Waals surface area (Å²) in [5.74, 6) is -0.369. The molecular formula is C12H13N3O2. The largest absolute Gasteiger partial charge is 0.433 e. The lowest BCUT2D eigenvalue weighted by atomic mass is 10.1. The monoisotopic (exact) mass is 231 g/mol. The van der Waals surface area contributed by atoms with Crippen LogP contribution < -0.4 is 0 Å². The van der Waals surface area contributed by atoms with Gasteiger partial charge in [-0.3, -0.25) is 4.79 Å². The highest BCUT2D eigenvalue weighted by atomic mass is 16.6. The lowest BCUT2D eigenvalue weighted by molar-refractivity contribution is -0.161. The zero-order valence-electron chi connectivity index (χ0n) is 9.70. The van der Waals surface area contributed by atoms with Gasteiger partial charge in [0.2, 0.25) is 5.72 Å². The third-order valence-electron chi connectivity index (χ3n) is 2.51. The molecule has 1 heterocycles. The molecule has 2 aromatic rings. The summed E-state index contributed by atoms with van der Waals surface area (Å²) in [6.07, 6.45) is 3.21. The molecule has 0 aliphatic rings. The van der Waals surface area contributed by atoms with Gasteiger partial charge in [0, 0.05) is 25.6 Å². The molecule has 2 rings (SSSR count). The summed E-state index contributed by atoms with van der Waals surface area (Å²) in [5.41, 5.74) is -0.135. The SMILES string of the molecule is CC(=O)OC(C)(c1ccccc1)n1ccnn1. The molecule has 0 saturated carbocycles. The Balaban J connectivity index is 2.48. The molecule has 88 valence electrons. The maximum atomic E-state index is 11.2. The fraction of sp³-hybridized carbons (Fsp3) is 0.250. The highest BCUT2D eigenvalue weighted by Crippen LogP contribution is 2.26. The van der Waals surface area contributed by atoms with Gasteiger partial charge in [0.05, 0.1) is 6.20 Å². The van der Waals surface area contributed by atoms with Crippen LogP contribution in [0.15, 0.2) is 42.7 Å². The summed E-state index contributed by atoms with van der Waals surface area (Å²) in [6, 6.07) is 9.43. The molecule has 0 aliphatic heterocycles. The predicted molar refractivity (Wildman–Crippen MR) is 61.0 cm³/mol. The predicted octanol–water partition coefficient (Wildman–Crippen LogP) is 1.56. The van der Waals surface area contributed by atoms with Crippen LogP contribution in [0.5, 0.6) is 0 Å². The van der Waals surface area contributed by atoms with Crippen molar-refractivity contribution in [2.45, 2.75) is 19.6 Å². The highest BCUT2D eigenvalue weighted by molar-refractivity contribution is 5.66. The molecule has 1 aromatic carbocycles. The van der Waals surface area contributed by atoms with Crippen molar-refractivity contribution in [3.05, 3.63) is 48.3 Å². The van der Waals surface area contributed by atoms with Crippen molar-refractivity contribution in [1.29, 1.82) is 0 Å². The molecule has 0 N–H and O–H groups in total. The van der Waals surface area contributed by atoms with E-state index < -0.39 is 5.72 Å². The Morgan fingerprint density at radius 1 is 1.35 bits per heavy atom. The van der Waals surface area contributed by atoms with Crippen LogP contribution in [0.1, 0.15) is 19.4 Å². The van der Waals surface area contributed by atoms with Crippen LogP contribution in [0.25, 0.3) is 0 Å². The summed E-state index contributed by atoms with van der Waals surface area (Å²) in [4.78, 5) is 11.2. The summed E-state index contributed by atoms with van der Waals surface area (Å²) >= 11 is 0. The highest BCUT2D eigenvalue weighted by Gasteiger charge is 2.32. The second-order valence-corrected chi connectivity index (χ2v) is 3.79. The Kier molecular flexibility index (Phi) is 2.91. The van der Waals surface area contributed by atoms with Gasteiger partial charge in [-0.2, -0.15) is 0 Å². The Morgan fingerprint density at radius 3 is 2.59 bits per heavy atom. The second kappa shape index (κ2) is 4.37. The minimum atomic E-state index is -0.969. The molecule has 1 atom stereocenters. The third kappa shape index (κ3) is 2.18. The van der Waals surface area contributed by atoms with Crippen LogP contribution in [-0.2, 0) is 15.3 Å². The van der Waals surface area contributed by atoms with E-state index in [0.29, 0.717) is 0 Å². The number of rotatable bonds is 3. The van der Waals surface area contributed by atoms with Crippen LogP contribution in [0.3, 0.4) is 0 Å². The summed E-state index contributed by atoms with van der Waals surface area (Å²) in [7, 11) is 0. The molecule has 0 radical (unpaired) electrons. The smallest absolute Gasteiger partial charge is 0.305 e. The van der Waals surface area contributed by atoms with E-state index in [9.17, 15) is 4.79 Å². The van der Waals surface area contributed by atoms with E-state index in [1.807, 2.05) is 30.3 Å². The fourth-order valence-corrected chi connectivity index (χ4v) is 1.70. The zero-order chi connectivity index (χ0) is 12.3. The van der Waals surface area contributed by atoms with Gasteiger partial charge in [0.25, 0.3) is 0 Å². The zero-order valence-corrected chi connectivity index (χ0v) is 9.70.